The number of nitrogens with zero attached hydrogens (tertiary/aromatic N) is 3. The molecule has 30 heavy (non-hydrogen) atoms. The highest BCUT2D eigenvalue weighted by Gasteiger charge is 2.20. The van der Waals surface area contributed by atoms with E-state index in [1.54, 1.807) is 43.3 Å². The van der Waals surface area contributed by atoms with Gasteiger partial charge in [-0.15, -0.1) is 0 Å². The Kier molecular flexibility index (Phi) is 6.11. The molecule has 3 aromatic rings. The number of carbonyl (C=O) groups is 1. The Hall–Kier alpha value is -4.14. The first-order chi connectivity index (χ1) is 14.4. The summed E-state index contributed by atoms with van der Waals surface area (Å²) in [6, 6.07) is 15.2. The second-order valence-corrected chi connectivity index (χ2v) is 6.29. The van der Waals surface area contributed by atoms with Crippen LogP contribution < -0.4 is 0 Å². The van der Waals surface area contributed by atoms with Crippen LogP contribution in [0.2, 0.25) is 0 Å². The first kappa shape index (κ1) is 20.6. The van der Waals surface area contributed by atoms with Gasteiger partial charge in [-0.05, 0) is 30.7 Å². The number of aromatic nitrogens is 1. The zero-order valence-corrected chi connectivity index (χ0v) is 16.0. The van der Waals surface area contributed by atoms with Crippen molar-refractivity contribution in [1.82, 2.24) is 4.98 Å². The normalized spacial score (nSPS) is 10.4. The summed E-state index contributed by atoms with van der Waals surface area (Å²) in [5.74, 6) is -0.600. The molecule has 2 aromatic carbocycles. The Balaban J connectivity index is 2.10. The maximum absolute atomic E-state index is 12.1. The number of carbonyl (C=O) groups excluding carboxylic acids is 1. The standard InChI is InChI=1S/C21H17N3O6/c1-2-30-21(25)18-12-11-16(17-5-3-4-6-20(17)24(28)29)19(22-18)13-14-7-9-15(10-8-14)23(26)27/h3-12H,2,13H2,1H3. The van der Waals surface area contributed by atoms with Crippen molar-refractivity contribution in [3.63, 3.8) is 0 Å². The molecule has 0 fully saturated rings. The number of rotatable bonds is 7. The molecular weight excluding hydrogens is 390 g/mol. The summed E-state index contributed by atoms with van der Waals surface area (Å²) in [5, 5.41) is 22.3. The van der Waals surface area contributed by atoms with Crippen LogP contribution in [0.4, 0.5) is 11.4 Å². The van der Waals surface area contributed by atoms with Crippen molar-refractivity contribution in [2.75, 3.05) is 6.61 Å². The molecule has 0 spiro atoms. The molecule has 152 valence electrons. The third kappa shape index (κ3) is 4.46. The third-order valence-electron chi connectivity index (χ3n) is 4.37. The van der Waals surface area contributed by atoms with E-state index in [9.17, 15) is 25.0 Å². The predicted octanol–water partition coefficient (Wildman–Crippen LogP) is 4.33. The number of non-ortho nitro benzene ring substituents is 1. The van der Waals surface area contributed by atoms with Crippen molar-refractivity contribution < 1.29 is 19.4 Å². The summed E-state index contributed by atoms with van der Waals surface area (Å²) in [4.78, 5) is 37.9. The predicted molar refractivity (Wildman–Crippen MR) is 108 cm³/mol. The zero-order chi connectivity index (χ0) is 21.7. The highest BCUT2D eigenvalue weighted by molar-refractivity contribution is 5.88. The molecule has 9 heteroatoms. The average molecular weight is 407 g/mol. The van der Waals surface area contributed by atoms with Crippen molar-refractivity contribution >= 4 is 17.3 Å². The molecule has 0 aliphatic heterocycles. The van der Waals surface area contributed by atoms with Gasteiger partial charge in [-0.1, -0.05) is 24.3 Å². The SMILES string of the molecule is CCOC(=O)c1ccc(-c2ccccc2[N+](=O)[O-])c(Cc2ccc([N+](=O)[O-])cc2)n1. The first-order valence-electron chi connectivity index (χ1n) is 9.05. The zero-order valence-electron chi connectivity index (χ0n) is 16.0. The van der Waals surface area contributed by atoms with Crippen LogP contribution in [0.15, 0.2) is 60.7 Å². The Morgan fingerprint density at radius 2 is 1.63 bits per heavy atom. The lowest BCUT2D eigenvalue weighted by Crippen LogP contribution is -2.10. The topological polar surface area (TPSA) is 125 Å². The molecule has 0 saturated heterocycles. The van der Waals surface area contributed by atoms with E-state index in [2.05, 4.69) is 4.98 Å². The van der Waals surface area contributed by atoms with E-state index in [0.717, 1.165) is 0 Å². The first-order valence-corrected chi connectivity index (χ1v) is 9.05. The maximum atomic E-state index is 12.1. The molecule has 0 atom stereocenters. The number of benzene rings is 2. The molecule has 0 radical (unpaired) electrons. The summed E-state index contributed by atoms with van der Waals surface area (Å²) in [7, 11) is 0. The number of hydrogen-bond acceptors (Lipinski definition) is 7. The highest BCUT2D eigenvalue weighted by atomic mass is 16.6. The highest BCUT2D eigenvalue weighted by Crippen LogP contribution is 2.32. The van der Waals surface area contributed by atoms with Crippen LogP contribution in [0.5, 0.6) is 0 Å². The van der Waals surface area contributed by atoms with Crippen molar-refractivity contribution in [1.29, 1.82) is 0 Å². The van der Waals surface area contributed by atoms with Crippen molar-refractivity contribution in [3.05, 3.63) is 97.8 Å². The van der Waals surface area contributed by atoms with Gasteiger partial charge < -0.3 is 4.74 Å². The fourth-order valence-corrected chi connectivity index (χ4v) is 2.99. The van der Waals surface area contributed by atoms with E-state index in [4.69, 9.17) is 4.74 Å². The quantitative estimate of drug-likeness (QED) is 0.324. The summed E-state index contributed by atoms with van der Waals surface area (Å²) >= 11 is 0. The summed E-state index contributed by atoms with van der Waals surface area (Å²) in [6.45, 7) is 1.86. The van der Waals surface area contributed by atoms with Gasteiger partial charge in [-0.25, -0.2) is 9.78 Å². The molecule has 1 heterocycles. The van der Waals surface area contributed by atoms with E-state index < -0.39 is 15.8 Å². The fraction of sp³-hybridized carbons (Fsp3) is 0.143. The fourth-order valence-electron chi connectivity index (χ4n) is 2.99. The largest absolute Gasteiger partial charge is 0.461 e. The van der Waals surface area contributed by atoms with Gasteiger partial charge in [0.25, 0.3) is 11.4 Å². The van der Waals surface area contributed by atoms with Crippen LogP contribution in [0.3, 0.4) is 0 Å². The molecule has 3 rings (SSSR count). The van der Waals surface area contributed by atoms with E-state index in [-0.39, 0.29) is 30.1 Å². The van der Waals surface area contributed by atoms with Crippen molar-refractivity contribution in [3.8, 4) is 11.1 Å². The maximum Gasteiger partial charge on any atom is 0.356 e. The Morgan fingerprint density at radius 1 is 0.933 bits per heavy atom. The van der Waals surface area contributed by atoms with Crippen LogP contribution in [0, 0.1) is 20.2 Å². The summed E-state index contributed by atoms with van der Waals surface area (Å²) in [5.41, 5.74) is 1.92. The van der Waals surface area contributed by atoms with Crippen LogP contribution in [-0.4, -0.2) is 27.4 Å². The van der Waals surface area contributed by atoms with Crippen molar-refractivity contribution in [2.45, 2.75) is 13.3 Å². The lowest BCUT2D eigenvalue weighted by atomic mass is 9.97. The molecule has 1 aromatic heterocycles. The molecule has 0 aliphatic carbocycles. The van der Waals surface area contributed by atoms with Crippen LogP contribution >= 0.6 is 0 Å². The molecule has 0 amide bonds. The molecule has 0 unspecified atom stereocenters. The second-order valence-electron chi connectivity index (χ2n) is 6.29. The van der Waals surface area contributed by atoms with Gasteiger partial charge in [-0.2, -0.15) is 0 Å². The second kappa shape index (κ2) is 8.91. The van der Waals surface area contributed by atoms with Crippen LogP contribution in [-0.2, 0) is 11.2 Å². The van der Waals surface area contributed by atoms with E-state index >= 15 is 0 Å². The summed E-state index contributed by atoms with van der Waals surface area (Å²) < 4.78 is 5.00. The Labute approximate surface area is 171 Å². The van der Waals surface area contributed by atoms with Gasteiger partial charge in [0.15, 0.2) is 0 Å². The summed E-state index contributed by atoms with van der Waals surface area (Å²) in [6.07, 6.45) is 0.215. The lowest BCUT2D eigenvalue weighted by Gasteiger charge is -2.12. The van der Waals surface area contributed by atoms with Crippen LogP contribution in [0.25, 0.3) is 11.1 Å². The monoisotopic (exact) mass is 407 g/mol. The minimum absolute atomic E-state index is 0.0501. The van der Waals surface area contributed by atoms with Gasteiger partial charge >= 0.3 is 5.97 Å². The van der Waals surface area contributed by atoms with Crippen LogP contribution in [0.1, 0.15) is 28.7 Å². The van der Waals surface area contributed by atoms with E-state index in [1.807, 2.05) is 0 Å². The molecular formula is C21H17N3O6. The number of para-hydroxylation sites is 1. The van der Waals surface area contributed by atoms with Gasteiger partial charge in [0, 0.05) is 30.2 Å². The number of nitro benzene ring substituents is 2. The number of pyridine rings is 1. The molecule has 0 aliphatic rings. The Morgan fingerprint density at radius 3 is 2.27 bits per heavy atom. The minimum atomic E-state index is -0.600. The molecule has 0 saturated carbocycles. The van der Waals surface area contributed by atoms with Gasteiger partial charge in [0.1, 0.15) is 5.69 Å². The molecule has 9 nitrogen and oxygen atoms in total. The lowest BCUT2D eigenvalue weighted by molar-refractivity contribution is -0.384. The van der Waals surface area contributed by atoms with Crippen molar-refractivity contribution in [2.24, 2.45) is 0 Å². The van der Waals surface area contributed by atoms with E-state index in [1.165, 1.54) is 24.3 Å². The van der Waals surface area contributed by atoms with E-state index in [0.29, 0.717) is 22.4 Å². The number of ether oxygens (including phenoxy) is 1. The van der Waals surface area contributed by atoms with Gasteiger partial charge in [-0.3, -0.25) is 20.2 Å². The van der Waals surface area contributed by atoms with Gasteiger partial charge in [0.05, 0.1) is 27.7 Å². The minimum Gasteiger partial charge on any atom is -0.461 e. The number of hydrogen-bond donors (Lipinski definition) is 0. The van der Waals surface area contributed by atoms with Gasteiger partial charge in [0.2, 0.25) is 0 Å². The number of nitro groups is 2. The smallest absolute Gasteiger partial charge is 0.356 e. The molecule has 0 bridgehead atoms. The molecule has 0 N–H and O–H groups in total. The average Bonchev–Trinajstić information content (AvgIpc) is 2.74. The number of esters is 1. The Bertz CT molecular complexity index is 1110. The third-order valence-corrected chi connectivity index (χ3v) is 4.37.